The van der Waals surface area contributed by atoms with Gasteiger partial charge in [0.15, 0.2) is 0 Å². The molecule has 1 heterocycles. The van der Waals surface area contributed by atoms with E-state index in [4.69, 9.17) is 5.73 Å². The van der Waals surface area contributed by atoms with Crippen LogP contribution in [0.1, 0.15) is 19.3 Å². The molecule has 0 unspecified atom stereocenters. The van der Waals surface area contributed by atoms with E-state index in [-0.39, 0.29) is 12.2 Å². The Morgan fingerprint density at radius 3 is 2.89 bits per heavy atom. The zero-order valence-electron chi connectivity index (χ0n) is 10.1. The highest BCUT2D eigenvalue weighted by atomic mass is 19.1. The second-order valence-corrected chi connectivity index (χ2v) is 4.27. The number of alkyl halides is 1. The number of hydrogen-bond acceptors (Lipinski definition) is 3. The van der Waals surface area contributed by atoms with E-state index in [2.05, 4.69) is 4.98 Å². The molecular weight excluding hydrogens is 233 g/mol. The van der Waals surface area contributed by atoms with Crippen molar-refractivity contribution in [2.24, 2.45) is 0 Å². The molecule has 0 saturated heterocycles. The summed E-state index contributed by atoms with van der Waals surface area (Å²) in [6.07, 6.45) is 3.64. The van der Waals surface area contributed by atoms with Gasteiger partial charge >= 0.3 is 0 Å². The van der Waals surface area contributed by atoms with Crippen molar-refractivity contribution in [3.63, 3.8) is 0 Å². The van der Waals surface area contributed by atoms with Gasteiger partial charge in [-0.2, -0.15) is 0 Å². The Balaban J connectivity index is 2.24. The van der Waals surface area contributed by atoms with Gasteiger partial charge in [-0.1, -0.05) is 0 Å². The van der Waals surface area contributed by atoms with Gasteiger partial charge < -0.3 is 5.73 Å². The van der Waals surface area contributed by atoms with Gasteiger partial charge in [-0.15, -0.1) is 0 Å². The molecule has 0 amide bonds. The summed E-state index contributed by atoms with van der Waals surface area (Å²) < 4.78 is 13.5. The molecule has 0 spiro atoms. The highest BCUT2D eigenvalue weighted by Crippen LogP contribution is 2.11. The molecule has 0 aliphatic carbocycles. The van der Waals surface area contributed by atoms with Gasteiger partial charge in [0.25, 0.3) is 5.56 Å². The number of hydrogen-bond donors (Lipinski definition) is 1. The van der Waals surface area contributed by atoms with E-state index in [1.165, 1.54) is 6.33 Å². The fourth-order valence-corrected chi connectivity index (χ4v) is 1.89. The van der Waals surface area contributed by atoms with Crippen LogP contribution in [-0.2, 0) is 6.54 Å². The normalized spacial score (nSPS) is 10.9. The SMILES string of the molecule is Nc1ccc2ncn(CCCCCF)c(=O)c2c1. The molecule has 0 aliphatic heterocycles. The number of unbranched alkanes of at least 4 members (excludes halogenated alkanes) is 2. The smallest absolute Gasteiger partial charge is 0.261 e. The van der Waals surface area contributed by atoms with Crippen LogP contribution in [0.3, 0.4) is 0 Å². The fraction of sp³-hybridized carbons (Fsp3) is 0.385. The first-order valence-electron chi connectivity index (χ1n) is 6.03. The highest BCUT2D eigenvalue weighted by molar-refractivity contribution is 5.80. The Hall–Kier alpha value is -1.91. The first-order valence-corrected chi connectivity index (χ1v) is 6.03. The summed E-state index contributed by atoms with van der Waals surface area (Å²) in [5, 5.41) is 0.531. The summed E-state index contributed by atoms with van der Waals surface area (Å²) in [4.78, 5) is 16.4. The topological polar surface area (TPSA) is 60.9 Å². The van der Waals surface area contributed by atoms with Crippen molar-refractivity contribution in [2.45, 2.75) is 25.8 Å². The van der Waals surface area contributed by atoms with Crippen LogP contribution in [0.4, 0.5) is 10.1 Å². The third-order valence-corrected chi connectivity index (χ3v) is 2.88. The first-order chi connectivity index (χ1) is 8.72. The maximum absolute atomic E-state index is 12.1. The van der Waals surface area contributed by atoms with E-state index in [0.29, 0.717) is 29.6 Å². The molecular formula is C13H16FN3O. The molecule has 0 fully saturated rings. The number of aromatic nitrogens is 2. The van der Waals surface area contributed by atoms with Gasteiger partial charge in [0, 0.05) is 12.2 Å². The number of nitrogens with zero attached hydrogens (tertiary/aromatic N) is 2. The largest absolute Gasteiger partial charge is 0.399 e. The molecule has 18 heavy (non-hydrogen) atoms. The molecule has 0 bridgehead atoms. The average molecular weight is 249 g/mol. The predicted molar refractivity (Wildman–Crippen MR) is 70.2 cm³/mol. The van der Waals surface area contributed by atoms with Crippen LogP contribution in [0, 0.1) is 0 Å². The van der Waals surface area contributed by atoms with Crippen molar-refractivity contribution in [1.29, 1.82) is 0 Å². The van der Waals surface area contributed by atoms with Gasteiger partial charge in [0.05, 0.1) is 23.9 Å². The Morgan fingerprint density at radius 2 is 2.11 bits per heavy atom. The maximum atomic E-state index is 12.1. The third-order valence-electron chi connectivity index (χ3n) is 2.88. The Kier molecular flexibility index (Phi) is 3.92. The van der Waals surface area contributed by atoms with Crippen molar-refractivity contribution in [2.75, 3.05) is 12.4 Å². The lowest BCUT2D eigenvalue weighted by Crippen LogP contribution is -2.20. The number of rotatable bonds is 5. The zero-order valence-corrected chi connectivity index (χ0v) is 10.1. The minimum absolute atomic E-state index is 0.0902. The number of anilines is 1. The molecule has 5 heteroatoms. The van der Waals surface area contributed by atoms with E-state index < -0.39 is 0 Å². The van der Waals surface area contributed by atoms with Gasteiger partial charge in [-0.3, -0.25) is 13.8 Å². The van der Waals surface area contributed by atoms with Crippen LogP contribution >= 0.6 is 0 Å². The average Bonchev–Trinajstić information content (AvgIpc) is 2.38. The summed E-state index contributed by atoms with van der Waals surface area (Å²) in [6.45, 7) is 0.262. The van der Waals surface area contributed by atoms with Gasteiger partial charge in [-0.25, -0.2) is 4.98 Å². The number of fused-ring (bicyclic) bond motifs is 1. The lowest BCUT2D eigenvalue weighted by atomic mass is 10.2. The summed E-state index contributed by atoms with van der Waals surface area (Å²) in [5.41, 5.74) is 6.77. The summed E-state index contributed by atoms with van der Waals surface area (Å²) in [5.74, 6) is 0. The lowest BCUT2D eigenvalue weighted by molar-refractivity contribution is 0.446. The Morgan fingerprint density at radius 1 is 1.28 bits per heavy atom. The van der Waals surface area contributed by atoms with Crippen LogP contribution in [-0.4, -0.2) is 16.2 Å². The number of benzene rings is 1. The molecule has 2 N–H and O–H groups in total. The molecule has 2 aromatic rings. The molecule has 2 rings (SSSR count). The maximum Gasteiger partial charge on any atom is 0.261 e. The van der Waals surface area contributed by atoms with Crippen LogP contribution in [0.2, 0.25) is 0 Å². The number of halogens is 1. The molecule has 0 saturated carbocycles. The Labute approximate surface area is 104 Å². The highest BCUT2D eigenvalue weighted by Gasteiger charge is 2.04. The molecule has 0 radical (unpaired) electrons. The van der Waals surface area contributed by atoms with Crippen LogP contribution in [0.15, 0.2) is 29.3 Å². The third kappa shape index (κ3) is 2.67. The van der Waals surface area contributed by atoms with Crippen molar-refractivity contribution in [1.82, 2.24) is 9.55 Å². The van der Waals surface area contributed by atoms with E-state index in [0.717, 1.165) is 12.8 Å². The molecule has 4 nitrogen and oxygen atoms in total. The number of nitrogens with two attached hydrogens (primary N) is 1. The summed E-state index contributed by atoms with van der Waals surface area (Å²) in [6, 6.07) is 5.10. The van der Waals surface area contributed by atoms with Crippen molar-refractivity contribution in [3.05, 3.63) is 34.9 Å². The predicted octanol–water partition coefficient (Wildman–Crippen LogP) is 2.12. The second kappa shape index (κ2) is 5.62. The molecule has 0 atom stereocenters. The quantitative estimate of drug-likeness (QED) is 0.652. The van der Waals surface area contributed by atoms with E-state index >= 15 is 0 Å². The fourth-order valence-electron chi connectivity index (χ4n) is 1.89. The van der Waals surface area contributed by atoms with E-state index in [9.17, 15) is 9.18 Å². The van der Waals surface area contributed by atoms with Crippen LogP contribution in [0.25, 0.3) is 10.9 Å². The van der Waals surface area contributed by atoms with Gasteiger partial charge in [0.1, 0.15) is 0 Å². The summed E-state index contributed by atoms with van der Waals surface area (Å²) >= 11 is 0. The molecule has 1 aromatic heterocycles. The minimum atomic E-state index is -0.304. The summed E-state index contributed by atoms with van der Waals surface area (Å²) in [7, 11) is 0. The Bertz CT molecular complexity index is 594. The standard InChI is InChI=1S/C13H16FN3O/c14-6-2-1-3-7-17-9-16-12-5-4-10(15)8-11(12)13(17)18/h4-5,8-9H,1-3,6-7,15H2. The van der Waals surface area contributed by atoms with E-state index in [1.807, 2.05) is 0 Å². The van der Waals surface area contributed by atoms with Gasteiger partial charge in [0.2, 0.25) is 0 Å². The van der Waals surface area contributed by atoms with Crippen molar-refractivity contribution < 1.29 is 4.39 Å². The van der Waals surface area contributed by atoms with E-state index in [1.54, 1.807) is 22.8 Å². The molecule has 1 aromatic carbocycles. The van der Waals surface area contributed by atoms with Gasteiger partial charge in [-0.05, 0) is 37.5 Å². The first kappa shape index (κ1) is 12.5. The number of aryl methyl sites for hydroxylation is 1. The monoisotopic (exact) mass is 249 g/mol. The van der Waals surface area contributed by atoms with Crippen molar-refractivity contribution in [3.8, 4) is 0 Å². The second-order valence-electron chi connectivity index (χ2n) is 4.27. The van der Waals surface area contributed by atoms with Crippen molar-refractivity contribution >= 4 is 16.6 Å². The molecule has 0 aliphatic rings. The molecule has 96 valence electrons. The van der Waals surface area contributed by atoms with Crippen LogP contribution in [0.5, 0.6) is 0 Å². The zero-order chi connectivity index (χ0) is 13.0. The number of nitrogen functional groups attached to an aromatic ring is 1. The lowest BCUT2D eigenvalue weighted by Gasteiger charge is -2.06. The van der Waals surface area contributed by atoms with Crippen LogP contribution < -0.4 is 11.3 Å². The minimum Gasteiger partial charge on any atom is -0.399 e.